The number of amides is 1. The Kier molecular flexibility index (Phi) is 3.97. The number of carbonyl (C=O) groups excluding carboxylic acids is 2. The van der Waals surface area contributed by atoms with Crippen molar-refractivity contribution in [3.05, 3.63) is 51.7 Å². The molecule has 1 amide bonds. The van der Waals surface area contributed by atoms with Gasteiger partial charge in [0, 0.05) is 28.3 Å². The summed E-state index contributed by atoms with van der Waals surface area (Å²) >= 11 is 1.52. The minimum Gasteiger partial charge on any atom is -0.550 e. The predicted octanol–water partition coefficient (Wildman–Crippen LogP) is 1.60. The summed E-state index contributed by atoms with van der Waals surface area (Å²) in [6.45, 7) is 1.94. The molecule has 0 aliphatic rings. The molecule has 0 radical (unpaired) electrons. The number of thiophene rings is 1. The lowest BCUT2D eigenvalue weighted by atomic mass is 10.1. The summed E-state index contributed by atoms with van der Waals surface area (Å²) in [5.41, 5.74) is 1.90. The summed E-state index contributed by atoms with van der Waals surface area (Å²) < 4.78 is 0. The summed E-state index contributed by atoms with van der Waals surface area (Å²) in [6, 6.07) is 8.49. The average molecular weight is 274 g/mol. The number of carboxylic acid groups (broad SMARTS) is 1. The van der Waals surface area contributed by atoms with Gasteiger partial charge >= 0.3 is 0 Å². The second-order valence-electron chi connectivity index (χ2n) is 4.15. The molecule has 1 aromatic carbocycles. The lowest BCUT2D eigenvalue weighted by Crippen LogP contribution is -2.24. The van der Waals surface area contributed by atoms with Crippen LogP contribution in [0.2, 0.25) is 0 Å². The molecule has 1 N–H and O–H groups in total. The number of hydrogen-bond donors (Lipinski definition) is 1. The van der Waals surface area contributed by atoms with Gasteiger partial charge < -0.3 is 15.2 Å². The Hall–Kier alpha value is -2.14. The van der Waals surface area contributed by atoms with Crippen molar-refractivity contribution in [3.8, 4) is 0 Å². The fourth-order valence-corrected chi connectivity index (χ4v) is 2.32. The Morgan fingerprint density at radius 3 is 2.47 bits per heavy atom. The second kappa shape index (κ2) is 5.67. The maximum absolute atomic E-state index is 11.9. The lowest BCUT2D eigenvalue weighted by Gasteiger charge is -2.06. The molecule has 0 bridgehead atoms. The predicted molar refractivity (Wildman–Crippen MR) is 72.2 cm³/mol. The molecule has 19 heavy (non-hydrogen) atoms. The number of nitrogens with one attached hydrogen (secondary N) is 1. The van der Waals surface area contributed by atoms with E-state index in [1.165, 1.54) is 11.3 Å². The van der Waals surface area contributed by atoms with Crippen LogP contribution in [0.1, 0.15) is 20.8 Å². The van der Waals surface area contributed by atoms with Gasteiger partial charge in [-0.1, -0.05) is 12.1 Å². The van der Waals surface area contributed by atoms with E-state index in [9.17, 15) is 14.7 Å². The average Bonchev–Trinajstić information content (AvgIpc) is 2.78. The van der Waals surface area contributed by atoms with Crippen LogP contribution in [-0.4, -0.2) is 11.9 Å². The molecule has 0 unspecified atom stereocenters. The van der Waals surface area contributed by atoms with Crippen molar-refractivity contribution >= 4 is 28.9 Å². The molecule has 2 rings (SSSR count). The van der Waals surface area contributed by atoms with Gasteiger partial charge in [-0.15, -0.1) is 11.3 Å². The highest BCUT2D eigenvalue weighted by Gasteiger charge is 2.07. The molecule has 4 nitrogen and oxygen atoms in total. The molecule has 0 saturated heterocycles. The Balaban J connectivity index is 2.03. The van der Waals surface area contributed by atoms with Crippen LogP contribution in [0.4, 0.5) is 5.69 Å². The van der Waals surface area contributed by atoms with Crippen LogP contribution in [0, 0.1) is 6.92 Å². The number of carbonyl (C=O) groups is 2. The molecule has 0 spiro atoms. The Morgan fingerprint density at radius 1 is 1.26 bits per heavy atom. The van der Waals surface area contributed by atoms with Gasteiger partial charge in [-0.05, 0) is 30.7 Å². The van der Waals surface area contributed by atoms with Gasteiger partial charge in [0.05, 0.1) is 5.56 Å². The Bertz CT molecular complexity index is 601. The minimum atomic E-state index is -1.12. The van der Waals surface area contributed by atoms with E-state index in [4.69, 9.17) is 0 Å². The first kappa shape index (κ1) is 13.3. The summed E-state index contributed by atoms with van der Waals surface area (Å²) in [4.78, 5) is 23.4. The summed E-state index contributed by atoms with van der Waals surface area (Å²) in [6.07, 6.45) is -0.127. The van der Waals surface area contributed by atoms with Crippen LogP contribution in [0.5, 0.6) is 0 Å². The molecular formula is C14H12NO3S-. The summed E-state index contributed by atoms with van der Waals surface area (Å²) in [5, 5.41) is 15.0. The zero-order valence-corrected chi connectivity index (χ0v) is 11.1. The van der Waals surface area contributed by atoms with Crippen molar-refractivity contribution in [2.45, 2.75) is 13.3 Å². The van der Waals surface area contributed by atoms with E-state index in [-0.39, 0.29) is 12.3 Å². The van der Waals surface area contributed by atoms with Gasteiger partial charge in [-0.2, -0.15) is 0 Å². The number of rotatable bonds is 4. The number of anilines is 1. The topological polar surface area (TPSA) is 69.2 Å². The van der Waals surface area contributed by atoms with Crippen molar-refractivity contribution in [1.29, 1.82) is 0 Å². The van der Waals surface area contributed by atoms with Gasteiger partial charge in [0.25, 0.3) is 5.91 Å². The van der Waals surface area contributed by atoms with Crippen LogP contribution < -0.4 is 10.4 Å². The van der Waals surface area contributed by atoms with E-state index in [2.05, 4.69) is 5.32 Å². The molecule has 0 aliphatic carbocycles. The maximum atomic E-state index is 11.9. The van der Waals surface area contributed by atoms with Crippen molar-refractivity contribution < 1.29 is 14.7 Å². The number of aliphatic carboxylic acids is 1. The normalized spacial score (nSPS) is 10.2. The van der Waals surface area contributed by atoms with Crippen LogP contribution in [0.3, 0.4) is 0 Å². The van der Waals surface area contributed by atoms with Crippen LogP contribution >= 0.6 is 11.3 Å². The van der Waals surface area contributed by atoms with E-state index >= 15 is 0 Å². The van der Waals surface area contributed by atoms with Crippen LogP contribution in [0.25, 0.3) is 0 Å². The molecule has 0 aliphatic heterocycles. The molecule has 5 heteroatoms. The molecular weight excluding hydrogens is 262 g/mol. The van der Waals surface area contributed by atoms with Gasteiger partial charge in [-0.3, -0.25) is 4.79 Å². The molecule has 2 aromatic rings. The first-order valence-corrected chi connectivity index (χ1v) is 6.58. The van der Waals surface area contributed by atoms with Gasteiger partial charge in [-0.25, -0.2) is 0 Å². The number of carboxylic acids is 1. The first-order chi connectivity index (χ1) is 9.04. The standard InChI is InChI=1S/C14H13NO3S/c1-9-6-11(8-19-9)14(18)15-12-4-2-10(3-5-12)7-13(16)17/h2-6,8H,7H2,1H3,(H,15,18)(H,16,17)/p-1. The van der Waals surface area contributed by atoms with E-state index in [1.807, 2.05) is 13.0 Å². The van der Waals surface area contributed by atoms with Crippen molar-refractivity contribution in [2.24, 2.45) is 0 Å². The molecule has 1 aromatic heterocycles. The third-order valence-electron chi connectivity index (χ3n) is 2.55. The third-order valence-corrected chi connectivity index (χ3v) is 3.41. The monoisotopic (exact) mass is 274 g/mol. The highest BCUT2D eigenvalue weighted by atomic mass is 32.1. The van der Waals surface area contributed by atoms with E-state index in [1.54, 1.807) is 29.6 Å². The van der Waals surface area contributed by atoms with Crippen LogP contribution in [0.15, 0.2) is 35.7 Å². The molecule has 1 heterocycles. The molecule has 0 fully saturated rings. The van der Waals surface area contributed by atoms with Crippen LogP contribution in [-0.2, 0) is 11.2 Å². The number of benzene rings is 1. The summed E-state index contributed by atoms with van der Waals surface area (Å²) in [7, 11) is 0. The van der Waals surface area contributed by atoms with Gasteiger partial charge in [0.2, 0.25) is 0 Å². The Morgan fingerprint density at radius 2 is 1.95 bits per heavy atom. The van der Waals surface area contributed by atoms with Crippen molar-refractivity contribution in [3.63, 3.8) is 0 Å². The zero-order valence-electron chi connectivity index (χ0n) is 10.3. The SMILES string of the molecule is Cc1cc(C(=O)Nc2ccc(CC(=O)[O-])cc2)cs1. The molecule has 0 atom stereocenters. The minimum absolute atomic E-state index is 0.127. The Labute approximate surface area is 114 Å². The second-order valence-corrected chi connectivity index (χ2v) is 5.26. The first-order valence-electron chi connectivity index (χ1n) is 5.70. The quantitative estimate of drug-likeness (QED) is 0.920. The largest absolute Gasteiger partial charge is 0.550 e. The van der Waals surface area contributed by atoms with Crippen molar-refractivity contribution in [2.75, 3.05) is 5.32 Å². The van der Waals surface area contributed by atoms with E-state index < -0.39 is 5.97 Å². The molecule has 0 saturated carbocycles. The highest BCUT2D eigenvalue weighted by Crippen LogP contribution is 2.16. The number of aryl methyl sites for hydroxylation is 1. The lowest BCUT2D eigenvalue weighted by molar-refractivity contribution is -0.304. The van der Waals surface area contributed by atoms with Crippen molar-refractivity contribution in [1.82, 2.24) is 0 Å². The fraction of sp³-hybridized carbons (Fsp3) is 0.143. The maximum Gasteiger partial charge on any atom is 0.256 e. The zero-order chi connectivity index (χ0) is 13.8. The number of hydrogen-bond acceptors (Lipinski definition) is 4. The summed E-state index contributed by atoms with van der Waals surface area (Å²) in [5.74, 6) is -1.29. The highest BCUT2D eigenvalue weighted by molar-refractivity contribution is 7.10. The smallest absolute Gasteiger partial charge is 0.256 e. The van der Waals surface area contributed by atoms with Gasteiger partial charge in [0.1, 0.15) is 0 Å². The fourth-order valence-electron chi connectivity index (χ4n) is 1.64. The van der Waals surface area contributed by atoms with Gasteiger partial charge in [0.15, 0.2) is 0 Å². The third kappa shape index (κ3) is 3.66. The van der Waals surface area contributed by atoms with E-state index in [0.29, 0.717) is 16.8 Å². The van der Waals surface area contributed by atoms with E-state index in [0.717, 1.165) is 4.88 Å². The molecule has 98 valence electrons.